The van der Waals surface area contributed by atoms with E-state index < -0.39 is 0 Å². The van der Waals surface area contributed by atoms with Crippen molar-refractivity contribution < 1.29 is 9.47 Å². The normalized spacial score (nSPS) is 11.3. The molecule has 0 unspecified atom stereocenters. The molecule has 0 bridgehead atoms. The summed E-state index contributed by atoms with van der Waals surface area (Å²) in [6.45, 7) is 12.0. The molecule has 102 valence electrons. The van der Waals surface area contributed by atoms with Crippen LogP contribution in [0.2, 0.25) is 0 Å². The molecule has 0 saturated carbocycles. The molecule has 0 aliphatic rings. The monoisotopic (exact) mass is 259 g/mol. The lowest BCUT2D eigenvalue weighted by Crippen LogP contribution is -1.95. The van der Waals surface area contributed by atoms with Crippen molar-refractivity contribution in [2.75, 3.05) is 7.11 Å². The highest BCUT2D eigenvalue weighted by molar-refractivity contribution is 5.31. The second kappa shape index (κ2) is 7.41. The van der Waals surface area contributed by atoms with Crippen LogP contribution < -0.4 is 4.74 Å². The molecule has 1 aromatic rings. The van der Waals surface area contributed by atoms with Crippen LogP contribution in [-0.4, -0.2) is 13.8 Å². The second-order valence-corrected chi connectivity index (χ2v) is 4.51. The van der Waals surface area contributed by atoms with Gasteiger partial charge in [-0.05, 0) is 35.9 Å². The van der Waals surface area contributed by atoms with Gasteiger partial charge in [0.05, 0.1) is 7.11 Å². The topological polar surface area (TPSA) is 30.8 Å². The fourth-order valence-electron chi connectivity index (χ4n) is 1.38. The molecule has 0 aromatic heterocycles. The van der Waals surface area contributed by atoms with Crippen molar-refractivity contribution in [1.82, 2.24) is 0 Å². The zero-order chi connectivity index (χ0) is 14.3. The summed E-state index contributed by atoms with van der Waals surface area (Å²) in [6.07, 6.45) is 1.82. The Balaban J connectivity index is 2.67. The first kappa shape index (κ1) is 15.0. The van der Waals surface area contributed by atoms with Crippen LogP contribution in [0.1, 0.15) is 19.4 Å². The predicted octanol–water partition coefficient (Wildman–Crippen LogP) is 3.97. The van der Waals surface area contributed by atoms with Gasteiger partial charge in [-0.25, -0.2) is 4.99 Å². The van der Waals surface area contributed by atoms with Crippen LogP contribution in [0.15, 0.2) is 53.4 Å². The Bertz CT molecular complexity index is 475. The third-order valence-electron chi connectivity index (χ3n) is 2.73. The quantitative estimate of drug-likeness (QED) is 0.421. The summed E-state index contributed by atoms with van der Waals surface area (Å²) in [5.41, 5.74) is 1.98. The lowest BCUT2D eigenvalue weighted by molar-refractivity contribution is 0.196. The number of ether oxygens (including phenoxy) is 2. The Morgan fingerprint density at radius 1 is 1.42 bits per heavy atom. The minimum Gasteiger partial charge on any atom is -0.497 e. The first-order valence-corrected chi connectivity index (χ1v) is 6.19. The van der Waals surface area contributed by atoms with Crippen molar-refractivity contribution >= 4 is 6.72 Å². The summed E-state index contributed by atoms with van der Waals surface area (Å²) in [4.78, 5) is 3.86. The van der Waals surface area contributed by atoms with Crippen LogP contribution in [0.3, 0.4) is 0 Å². The summed E-state index contributed by atoms with van der Waals surface area (Å²) >= 11 is 0. The van der Waals surface area contributed by atoms with Crippen molar-refractivity contribution in [2.24, 2.45) is 10.9 Å². The molecule has 0 aliphatic carbocycles. The maximum atomic E-state index is 5.61. The largest absolute Gasteiger partial charge is 0.497 e. The number of nitrogens with zero attached hydrogens (tertiary/aromatic N) is 1. The highest BCUT2D eigenvalue weighted by atomic mass is 16.5. The number of hydrogen-bond donors (Lipinski definition) is 0. The van der Waals surface area contributed by atoms with Gasteiger partial charge in [0.1, 0.15) is 12.4 Å². The van der Waals surface area contributed by atoms with E-state index in [1.807, 2.05) is 30.3 Å². The van der Waals surface area contributed by atoms with Gasteiger partial charge < -0.3 is 9.47 Å². The van der Waals surface area contributed by atoms with E-state index >= 15 is 0 Å². The molecule has 0 heterocycles. The number of rotatable bonds is 7. The summed E-state index contributed by atoms with van der Waals surface area (Å²) in [6, 6.07) is 7.72. The van der Waals surface area contributed by atoms with E-state index in [0.29, 0.717) is 18.4 Å². The Morgan fingerprint density at radius 2 is 2.16 bits per heavy atom. The van der Waals surface area contributed by atoms with Gasteiger partial charge in [0.15, 0.2) is 0 Å². The van der Waals surface area contributed by atoms with Crippen LogP contribution >= 0.6 is 0 Å². The number of aliphatic imine (C=N–C) groups is 1. The molecule has 0 saturated heterocycles. The van der Waals surface area contributed by atoms with E-state index in [0.717, 1.165) is 16.9 Å². The summed E-state index contributed by atoms with van der Waals surface area (Å²) < 4.78 is 10.8. The van der Waals surface area contributed by atoms with Gasteiger partial charge in [-0.2, -0.15) is 0 Å². The molecule has 0 aliphatic heterocycles. The first-order chi connectivity index (χ1) is 9.06. The summed E-state index contributed by atoms with van der Waals surface area (Å²) in [5.74, 6) is 1.66. The number of hydrogen-bond acceptors (Lipinski definition) is 3. The minimum absolute atomic E-state index is 0.358. The Morgan fingerprint density at radius 3 is 2.74 bits per heavy atom. The van der Waals surface area contributed by atoms with E-state index in [9.17, 15) is 0 Å². The van der Waals surface area contributed by atoms with E-state index in [2.05, 4.69) is 32.1 Å². The lowest BCUT2D eigenvalue weighted by atomic mass is 10.1. The molecule has 1 rings (SSSR count). The lowest BCUT2D eigenvalue weighted by Gasteiger charge is -2.09. The molecule has 0 N–H and O–H groups in total. The number of methoxy groups -OCH3 is 1. The zero-order valence-corrected chi connectivity index (χ0v) is 11.8. The third-order valence-corrected chi connectivity index (χ3v) is 2.73. The third kappa shape index (κ3) is 5.00. The fourth-order valence-corrected chi connectivity index (χ4v) is 1.38. The molecule has 19 heavy (non-hydrogen) atoms. The van der Waals surface area contributed by atoms with Gasteiger partial charge in [0.2, 0.25) is 5.88 Å². The molecular weight excluding hydrogens is 238 g/mol. The maximum Gasteiger partial charge on any atom is 0.213 e. The highest BCUT2D eigenvalue weighted by Gasteiger charge is 2.02. The first-order valence-electron chi connectivity index (χ1n) is 6.19. The summed E-state index contributed by atoms with van der Waals surface area (Å²) in [5, 5.41) is 0. The van der Waals surface area contributed by atoms with Crippen LogP contribution in [-0.2, 0) is 11.3 Å². The molecule has 0 radical (unpaired) electrons. The second-order valence-electron chi connectivity index (χ2n) is 4.51. The van der Waals surface area contributed by atoms with Crippen molar-refractivity contribution in [2.45, 2.75) is 20.5 Å². The Hall–Kier alpha value is -2.03. The average molecular weight is 259 g/mol. The van der Waals surface area contributed by atoms with Gasteiger partial charge in [0, 0.05) is 6.08 Å². The van der Waals surface area contributed by atoms with Crippen LogP contribution in [0.5, 0.6) is 5.75 Å². The molecule has 1 aromatic carbocycles. The SMILES string of the molecule is C=N/C(=C\C(=C)C(C)C)OCc1cccc(OC)c1. The number of benzene rings is 1. The maximum absolute atomic E-state index is 5.61. The van der Waals surface area contributed by atoms with E-state index in [1.165, 1.54) is 0 Å². The summed E-state index contributed by atoms with van der Waals surface area (Å²) in [7, 11) is 1.64. The highest BCUT2D eigenvalue weighted by Crippen LogP contribution is 2.16. The standard InChI is InChI=1S/C16H21NO2/c1-12(2)13(3)9-16(17-4)19-11-14-7-6-8-15(10-14)18-5/h6-10,12H,3-4,11H2,1-2,5H3/b16-9+. The van der Waals surface area contributed by atoms with Crippen molar-refractivity contribution in [3.8, 4) is 5.75 Å². The van der Waals surface area contributed by atoms with E-state index in [-0.39, 0.29) is 0 Å². The van der Waals surface area contributed by atoms with Gasteiger partial charge in [0.25, 0.3) is 0 Å². The zero-order valence-electron chi connectivity index (χ0n) is 11.8. The van der Waals surface area contributed by atoms with Gasteiger partial charge >= 0.3 is 0 Å². The molecular formula is C16H21NO2. The molecule has 0 fully saturated rings. The Labute approximate surface area is 115 Å². The van der Waals surface area contributed by atoms with Crippen molar-refractivity contribution in [1.29, 1.82) is 0 Å². The molecule has 0 amide bonds. The van der Waals surface area contributed by atoms with Gasteiger partial charge in [-0.1, -0.05) is 32.6 Å². The van der Waals surface area contributed by atoms with Crippen molar-refractivity contribution in [3.63, 3.8) is 0 Å². The average Bonchev–Trinajstić information content (AvgIpc) is 2.43. The molecule has 3 heteroatoms. The van der Waals surface area contributed by atoms with Gasteiger partial charge in [-0.15, -0.1) is 0 Å². The molecule has 3 nitrogen and oxygen atoms in total. The van der Waals surface area contributed by atoms with Gasteiger partial charge in [-0.3, -0.25) is 0 Å². The van der Waals surface area contributed by atoms with Crippen LogP contribution in [0.25, 0.3) is 0 Å². The number of allylic oxidation sites excluding steroid dienone is 2. The molecule has 0 atom stereocenters. The van der Waals surface area contributed by atoms with Crippen LogP contribution in [0.4, 0.5) is 0 Å². The fraction of sp³-hybridized carbons (Fsp3) is 0.312. The Kier molecular flexibility index (Phi) is 5.86. The van der Waals surface area contributed by atoms with E-state index in [1.54, 1.807) is 7.11 Å². The predicted molar refractivity (Wildman–Crippen MR) is 79.4 cm³/mol. The van der Waals surface area contributed by atoms with E-state index in [4.69, 9.17) is 9.47 Å². The smallest absolute Gasteiger partial charge is 0.213 e. The molecule has 0 spiro atoms. The minimum atomic E-state index is 0.358. The van der Waals surface area contributed by atoms with Crippen LogP contribution in [0, 0.1) is 5.92 Å². The van der Waals surface area contributed by atoms with Crippen molar-refractivity contribution in [3.05, 3.63) is 53.9 Å².